The number of piperazine rings is 1. The lowest BCUT2D eigenvalue weighted by atomic mass is 10.2. The van der Waals surface area contributed by atoms with Crippen LogP contribution in [0, 0.1) is 0 Å². The molecule has 0 N–H and O–H groups in total. The van der Waals surface area contributed by atoms with Crippen molar-refractivity contribution in [1.82, 2.24) is 4.90 Å². The highest BCUT2D eigenvalue weighted by molar-refractivity contribution is 6.20. The summed E-state index contributed by atoms with van der Waals surface area (Å²) in [6, 6.07) is 8.21. The van der Waals surface area contributed by atoms with E-state index in [9.17, 15) is 0 Å². The van der Waals surface area contributed by atoms with Gasteiger partial charge in [0, 0.05) is 38.1 Å². The van der Waals surface area contributed by atoms with Gasteiger partial charge in [0.1, 0.15) is 5.75 Å². The predicted octanol–water partition coefficient (Wildman–Crippen LogP) is 2.44. The number of para-hydroxylation sites is 2. The summed E-state index contributed by atoms with van der Waals surface area (Å²) in [5.41, 5.74) is 1.19. The zero-order valence-corrected chi connectivity index (χ0v) is 11.9. The second kappa shape index (κ2) is 6.30. The molecule has 2 rings (SSSR count). The molecule has 18 heavy (non-hydrogen) atoms. The van der Waals surface area contributed by atoms with Gasteiger partial charge in [0.15, 0.2) is 0 Å². The maximum Gasteiger partial charge on any atom is 0.142 e. The van der Waals surface area contributed by atoms with Crippen molar-refractivity contribution in [3.63, 3.8) is 0 Å². The van der Waals surface area contributed by atoms with Gasteiger partial charge in [0.05, 0.1) is 12.8 Å². The van der Waals surface area contributed by atoms with Crippen molar-refractivity contribution in [2.45, 2.75) is 12.3 Å². The van der Waals surface area contributed by atoms with E-state index in [2.05, 4.69) is 21.9 Å². The first-order chi connectivity index (χ1) is 8.70. The van der Waals surface area contributed by atoms with Crippen molar-refractivity contribution in [3.05, 3.63) is 24.3 Å². The minimum atomic E-state index is 0.225. The summed E-state index contributed by atoms with van der Waals surface area (Å²) in [5, 5.41) is 0.225. The standard InChI is InChI=1S/C14H21ClN2O/c1-12(15)11-16-7-9-17(10-8-16)13-5-3-4-6-14(13)18-2/h3-6,12H,7-11H2,1-2H3. The second-order valence-corrected chi connectivity index (χ2v) is 5.49. The van der Waals surface area contributed by atoms with Crippen LogP contribution in [0.1, 0.15) is 6.92 Å². The highest BCUT2D eigenvalue weighted by atomic mass is 35.5. The Hall–Kier alpha value is -0.930. The molecule has 0 saturated carbocycles. The van der Waals surface area contributed by atoms with Gasteiger partial charge in [-0.25, -0.2) is 0 Å². The number of anilines is 1. The number of methoxy groups -OCH3 is 1. The van der Waals surface area contributed by atoms with Gasteiger partial charge in [-0.05, 0) is 19.1 Å². The summed E-state index contributed by atoms with van der Waals surface area (Å²) >= 11 is 6.04. The van der Waals surface area contributed by atoms with Crippen LogP contribution in [-0.4, -0.2) is 50.1 Å². The van der Waals surface area contributed by atoms with Gasteiger partial charge < -0.3 is 9.64 Å². The van der Waals surface area contributed by atoms with Crippen LogP contribution < -0.4 is 9.64 Å². The highest BCUT2D eigenvalue weighted by Crippen LogP contribution is 2.28. The van der Waals surface area contributed by atoms with Gasteiger partial charge in [-0.2, -0.15) is 0 Å². The van der Waals surface area contributed by atoms with E-state index in [-0.39, 0.29) is 5.38 Å². The van der Waals surface area contributed by atoms with E-state index in [1.165, 1.54) is 5.69 Å². The molecule has 100 valence electrons. The molecule has 0 aromatic heterocycles. The Labute approximate surface area is 114 Å². The normalized spacial score (nSPS) is 18.7. The molecule has 3 nitrogen and oxygen atoms in total. The molecule has 1 aromatic carbocycles. The number of alkyl halides is 1. The average molecular weight is 269 g/mol. The molecule has 0 spiro atoms. The monoisotopic (exact) mass is 268 g/mol. The number of hydrogen-bond donors (Lipinski definition) is 0. The third-order valence-corrected chi connectivity index (χ3v) is 3.45. The molecule has 0 radical (unpaired) electrons. The van der Waals surface area contributed by atoms with Crippen molar-refractivity contribution in [2.75, 3.05) is 44.7 Å². The Morgan fingerprint density at radius 3 is 2.50 bits per heavy atom. The van der Waals surface area contributed by atoms with Crippen LogP contribution in [0.2, 0.25) is 0 Å². The van der Waals surface area contributed by atoms with E-state index in [0.29, 0.717) is 0 Å². The zero-order valence-electron chi connectivity index (χ0n) is 11.1. The molecule has 0 amide bonds. The Bertz CT molecular complexity index is 376. The summed E-state index contributed by atoms with van der Waals surface area (Å²) in [5.74, 6) is 0.955. The van der Waals surface area contributed by atoms with Gasteiger partial charge in [-0.3, -0.25) is 4.90 Å². The van der Waals surface area contributed by atoms with Crippen LogP contribution in [0.25, 0.3) is 0 Å². The van der Waals surface area contributed by atoms with Gasteiger partial charge in [-0.15, -0.1) is 11.6 Å². The molecule has 1 aromatic rings. The molecule has 1 unspecified atom stereocenters. The lowest BCUT2D eigenvalue weighted by Gasteiger charge is -2.37. The largest absolute Gasteiger partial charge is 0.495 e. The number of hydrogen-bond acceptors (Lipinski definition) is 3. The molecule has 1 heterocycles. The minimum Gasteiger partial charge on any atom is -0.495 e. The van der Waals surface area contributed by atoms with Crippen LogP contribution in [0.3, 0.4) is 0 Å². The summed E-state index contributed by atoms with van der Waals surface area (Å²) in [4.78, 5) is 4.80. The van der Waals surface area contributed by atoms with Crippen LogP contribution in [0.5, 0.6) is 5.75 Å². The number of rotatable bonds is 4. The van der Waals surface area contributed by atoms with Crippen molar-refractivity contribution >= 4 is 17.3 Å². The quantitative estimate of drug-likeness (QED) is 0.780. The zero-order chi connectivity index (χ0) is 13.0. The fraction of sp³-hybridized carbons (Fsp3) is 0.571. The van der Waals surface area contributed by atoms with Crippen LogP contribution in [0.4, 0.5) is 5.69 Å². The molecule has 0 bridgehead atoms. The molecule has 1 aliphatic heterocycles. The maximum atomic E-state index is 6.04. The SMILES string of the molecule is COc1ccccc1N1CCN(CC(C)Cl)CC1. The van der Waals surface area contributed by atoms with Crippen molar-refractivity contribution in [1.29, 1.82) is 0 Å². The first-order valence-corrected chi connectivity index (χ1v) is 6.88. The van der Waals surface area contributed by atoms with Gasteiger partial charge in [0.2, 0.25) is 0 Å². The maximum absolute atomic E-state index is 6.04. The fourth-order valence-electron chi connectivity index (χ4n) is 2.42. The lowest BCUT2D eigenvalue weighted by Crippen LogP contribution is -2.47. The summed E-state index contributed by atoms with van der Waals surface area (Å²) < 4.78 is 5.41. The Morgan fingerprint density at radius 2 is 1.89 bits per heavy atom. The van der Waals surface area contributed by atoms with Crippen LogP contribution in [-0.2, 0) is 0 Å². The molecule has 1 fully saturated rings. The lowest BCUT2D eigenvalue weighted by molar-refractivity contribution is 0.259. The van der Waals surface area contributed by atoms with Crippen molar-refractivity contribution in [2.24, 2.45) is 0 Å². The smallest absolute Gasteiger partial charge is 0.142 e. The van der Waals surface area contributed by atoms with Gasteiger partial charge in [-0.1, -0.05) is 12.1 Å². The molecule has 1 aliphatic rings. The number of nitrogens with zero attached hydrogens (tertiary/aromatic N) is 2. The molecular formula is C14H21ClN2O. The van der Waals surface area contributed by atoms with Gasteiger partial charge in [0.25, 0.3) is 0 Å². The van der Waals surface area contributed by atoms with Crippen molar-refractivity contribution in [3.8, 4) is 5.75 Å². The fourth-order valence-corrected chi connectivity index (χ4v) is 2.61. The van der Waals surface area contributed by atoms with Crippen molar-refractivity contribution < 1.29 is 4.74 Å². The number of benzene rings is 1. The van der Waals surface area contributed by atoms with E-state index < -0.39 is 0 Å². The number of halogens is 1. The van der Waals surface area contributed by atoms with E-state index >= 15 is 0 Å². The minimum absolute atomic E-state index is 0.225. The predicted molar refractivity (Wildman–Crippen MR) is 77.0 cm³/mol. The van der Waals surface area contributed by atoms with E-state index in [4.69, 9.17) is 16.3 Å². The second-order valence-electron chi connectivity index (χ2n) is 4.74. The molecule has 1 saturated heterocycles. The summed E-state index contributed by atoms with van der Waals surface area (Å²) in [7, 11) is 1.73. The first kappa shape index (κ1) is 13.5. The van der Waals surface area contributed by atoms with E-state index in [1.807, 2.05) is 19.1 Å². The van der Waals surface area contributed by atoms with E-state index in [0.717, 1.165) is 38.5 Å². The highest BCUT2D eigenvalue weighted by Gasteiger charge is 2.19. The van der Waals surface area contributed by atoms with E-state index in [1.54, 1.807) is 7.11 Å². The molecular weight excluding hydrogens is 248 g/mol. The molecule has 1 atom stereocenters. The number of ether oxygens (including phenoxy) is 1. The summed E-state index contributed by atoms with van der Waals surface area (Å²) in [6.07, 6.45) is 0. The molecule has 0 aliphatic carbocycles. The van der Waals surface area contributed by atoms with Crippen LogP contribution in [0.15, 0.2) is 24.3 Å². The van der Waals surface area contributed by atoms with Gasteiger partial charge >= 0.3 is 0 Å². The topological polar surface area (TPSA) is 15.7 Å². The summed E-state index contributed by atoms with van der Waals surface area (Å²) in [6.45, 7) is 7.22. The third-order valence-electron chi connectivity index (χ3n) is 3.31. The molecule has 4 heteroatoms. The first-order valence-electron chi connectivity index (χ1n) is 6.45. The third kappa shape index (κ3) is 3.30. The Balaban J connectivity index is 1.97. The average Bonchev–Trinajstić information content (AvgIpc) is 2.39. The Morgan fingerprint density at radius 1 is 1.22 bits per heavy atom. The Kier molecular flexibility index (Phi) is 4.72. The van der Waals surface area contributed by atoms with Crippen LogP contribution >= 0.6 is 11.6 Å².